The Hall–Kier alpha value is -1.69. The minimum atomic E-state index is -0.433. The van der Waals surface area contributed by atoms with E-state index in [0.717, 1.165) is 0 Å². The highest BCUT2D eigenvalue weighted by Crippen LogP contribution is 2.01. The van der Waals surface area contributed by atoms with E-state index in [1.54, 1.807) is 0 Å². The molecule has 1 amide bonds. The monoisotopic (exact) mass is 213 g/mol. The number of carbonyl (C=O) groups excluding carboxylic acids is 1. The van der Waals surface area contributed by atoms with Gasteiger partial charge in [-0.05, 0) is 36.5 Å². The molecule has 14 heavy (non-hydrogen) atoms. The lowest BCUT2D eigenvalue weighted by Gasteiger charge is -2.05. The second-order valence-corrected chi connectivity index (χ2v) is 2.89. The lowest BCUT2D eigenvalue weighted by molar-refractivity contribution is 0.0944. The van der Waals surface area contributed by atoms with E-state index < -0.39 is 11.7 Å². The predicted molar refractivity (Wildman–Crippen MR) is 53.8 cm³/mol. The largest absolute Gasteiger partial charge is 0.375 e. The number of benzene rings is 1. The van der Waals surface area contributed by atoms with Crippen molar-refractivity contribution in [3.05, 3.63) is 35.6 Å². The first kappa shape index (κ1) is 10.4. The summed E-state index contributed by atoms with van der Waals surface area (Å²) in [7, 11) is 0. The predicted octanol–water partition coefficient (Wildman–Crippen LogP) is 0.304. The van der Waals surface area contributed by atoms with E-state index >= 15 is 0 Å². The van der Waals surface area contributed by atoms with Gasteiger partial charge in [0.15, 0.2) is 5.11 Å². The van der Waals surface area contributed by atoms with Crippen LogP contribution < -0.4 is 16.6 Å². The molecule has 74 valence electrons. The smallest absolute Gasteiger partial charge is 0.269 e. The molecule has 1 aromatic carbocycles. The maximum Gasteiger partial charge on any atom is 0.269 e. The number of amides is 1. The molecule has 0 unspecified atom stereocenters. The van der Waals surface area contributed by atoms with E-state index in [0.29, 0.717) is 5.56 Å². The fourth-order valence-electron chi connectivity index (χ4n) is 0.792. The lowest BCUT2D eigenvalue weighted by atomic mass is 10.2. The standard InChI is InChI=1S/C8H8FN3OS/c9-6-3-1-5(2-4-6)7(13)11-12-8(10)14/h1-4H,(H,11,13)(H3,10,12,14). The van der Waals surface area contributed by atoms with Gasteiger partial charge in [0, 0.05) is 5.56 Å². The third kappa shape index (κ3) is 2.98. The normalized spacial score (nSPS) is 9.21. The van der Waals surface area contributed by atoms with Gasteiger partial charge >= 0.3 is 0 Å². The Morgan fingerprint density at radius 2 is 1.86 bits per heavy atom. The minimum Gasteiger partial charge on any atom is -0.375 e. The number of nitrogens with two attached hydrogens (primary N) is 1. The number of hydrazine groups is 1. The van der Waals surface area contributed by atoms with Crippen LogP contribution in [0.1, 0.15) is 10.4 Å². The minimum absolute atomic E-state index is 0.0412. The summed E-state index contributed by atoms with van der Waals surface area (Å²) >= 11 is 4.48. The van der Waals surface area contributed by atoms with Crippen LogP contribution in [0.2, 0.25) is 0 Å². The van der Waals surface area contributed by atoms with Crippen molar-refractivity contribution in [2.45, 2.75) is 0 Å². The highest BCUT2D eigenvalue weighted by Gasteiger charge is 2.03. The van der Waals surface area contributed by atoms with E-state index in [1.165, 1.54) is 24.3 Å². The SMILES string of the molecule is NC(=S)NNC(=O)c1ccc(F)cc1. The molecule has 0 saturated heterocycles. The molecule has 1 rings (SSSR count). The number of carbonyl (C=O) groups is 1. The second-order valence-electron chi connectivity index (χ2n) is 2.45. The summed E-state index contributed by atoms with van der Waals surface area (Å²) in [5, 5.41) is -0.0412. The number of rotatable bonds is 1. The molecule has 0 saturated carbocycles. The van der Waals surface area contributed by atoms with Crippen molar-refractivity contribution in [3.8, 4) is 0 Å². The number of nitrogens with one attached hydrogen (secondary N) is 2. The molecule has 0 radical (unpaired) electrons. The van der Waals surface area contributed by atoms with Crippen molar-refractivity contribution in [2.24, 2.45) is 5.73 Å². The first-order valence-electron chi connectivity index (χ1n) is 3.71. The van der Waals surface area contributed by atoms with Gasteiger partial charge in [0.05, 0.1) is 0 Å². The van der Waals surface area contributed by atoms with Crippen molar-refractivity contribution in [1.29, 1.82) is 0 Å². The van der Waals surface area contributed by atoms with E-state index in [4.69, 9.17) is 5.73 Å². The molecule has 0 aliphatic heterocycles. The van der Waals surface area contributed by atoms with Crippen LogP contribution in [-0.2, 0) is 0 Å². The highest BCUT2D eigenvalue weighted by atomic mass is 32.1. The Morgan fingerprint density at radius 3 is 2.36 bits per heavy atom. The van der Waals surface area contributed by atoms with Crippen molar-refractivity contribution < 1.29 is 9.18 Å². The quantitative estimate of drug-likeness (QED) is 0.464. The van der Waals surface area contributed by atoms with Crippen LogP contribution in [0.15, 0.2) is 24.3 Å². The molecule has 0 heterocycles. The van der Waals surface area contributed by atoms with Gasteiger partial charge in [-0.15, -0.1) is 0 Å². The van der Waals surface area contributed by atoms with Crippen LogP contribution in [0.3, 0.4) is 0 Å². The molecule has 6 heteroatoms. The molecule has 0 spiro atoms. The number of halogens is 1. The summed E-state index contributed by atoms with van der Waals surface area (Å²) in [6, 6.07) is 5.09. The fourth-order valence-corrected chi connectivity index (χ4v) is 0.843. The average Bonchev–Trinajstić information content (AvgIpc) is 2.15. The summed E-state index contributed by atoms with van der Waals surface area (Å²) in [5.74, 6) is -0.832. The van der Waals surface area contributed by atoms with Crippen molar-refractivity contribution in [3.63, 3.8) is 0 Å². The molecule has 4 N–H and O–H groups in total. The molecule has 0 bridgehead atoms. The van der Waals surface area contributed by atoms with Gasteiger partial charge in [0.2, 0.25) is 0 Å². The summed E-state index contributed by atoms with van der Waals surface area (Å²) < 4.78 is 12.5. The summed E-state index contributed by atoms with van der Waals surface area (Å²) in [5.41, 5.74) is 9.92. The fraction of sp³-hybridized carbons (Fsp3) is 0. The molecular formula is C8H8FN3OS. The van der Waals surface area contributed by atoms with Crippen LogP contribution in [0, 0.1) is 5.82 Å². The third-order valence-corrected chi connectivity index (χ3v) is 1.51. The zero-order chi connectivity index (χ0) is 10.6. The highest BCUT2D eigenvalue weighted by molar-refractivity contribution is 7.80. The van der Waals surface area contributed by atoms with Crippen LogP contribution in [0.5, 0.6) is 0 Å². The Labute approximate surface area is 85.3 Å². The van der Waals surface area contributed by atoms with Gasteiger partial charge < -0.3 is 5.73 Å². The van der Waals surface area contributed by atoms with Crippen LogP contribution in [0.4, 0.5) is 4.39 Å². The zero-order valence-electron chi connectivity index (χ0n) is 7.08. The molecule has 1 aromatic rings. The van der Waals surface area contributed by atoms with Crippen molar-refractivity contribution in [1.82, 2.24) is 10.9 Å². The topological polar surface area (TPSA) is 67.2 Å². The maximum absolute atomic E-state index is 12.5. The Kier molecular flexibility index (Phi) is 3.35. The Balaban J connectivity index is 2.61. The Morgan fingerprint density at radius 1 is 1.29 bits per heavy atom. The molecule has 0 fully saturated rings. The summed E-state index contributed by atoms with van der Waals surface area (Å²) in [6.07, 6.45) is 0. The van der Waals surface area contributed by atoms with Crippen LogP contribution in [0.25, 0.3) is 0 Å². The summed E-state index contributed by atoms with van der Waals surface area (Å²) in [6.45, 7) is 0. The first-order chi connectivity index (χ1) is 6.59. The van der Waals surface area contributed by atoms with Crippen LogP contribution in [-0.4, -0.2) is 11.0 Å². The molecule has 0 aromatic heterocycles. The van der Waals surface area contributed by atoms with Gasteiger partial charge in [0.25, 0.3) is 5.91 Å². The number of thiocarbonyl (C=S) groups is 1. The van der Waals surface area contributed by atoms with Gasteiger partial charge in [-0.3, -0.25) is 15.6 Å². The van der Waals surface area contributed by atoms with E-state index in [1.807, 2.05) is 0 Å². The summed E-state index contributed by atoms with van der Waals surface area (Å²) in [4.78, 5) is 11.2. The van der Waals surface area contributed by atoms with Crippen LogP contribution >= 0.6 is 12.2 Å². The number of hydrogen-bond acceptors (Lipinski definition) is 2. The van der Waals surface area contributed by atoms with Gasteiger partial charge in [-0.1, -0.05) is 0 Å². The van der Waals surface area contributed by atoms with Gasteiger partial charge in [0.1, 0.15) is 5.82 Å². The van der Waals surface area contributed by atoms with Crippen molar-refractivity contribution in [2.75, 3.05) is 0 Å². The third-order valence-electron chi connectivity index (χ3n) is 1.41. The average molecular weight is 213 g/mol. The van der Waals surface area contributed by atoms with E-state index in [2.05, 4.69) is 23.1 Å². The molecule has 0 atom stereocenters. The Bertz CT molecular complexity index is 352. The first-order valence-corrected chi connectivity index (χ1v) is 4.12. The van der Waals surface area contributed by atoms with Gasteiger partial charge in [-0.25, -0.2) is 4.39 Å². The van der Waals surface area contributed by atoms with E-state index in [9.17, 15) is 9.18 Å². The number of hydrogen-bond donors (Lipinski definition) is 3. The molecule has 0 aliphatic rings. The molecule has 0 aliphatic carbocycles. The second kappa shape index (κ2) is 4.52. The zero-order valence-corrected chi connectivity index (χ0v) is 7.90. The van der Waals surface area contributed by atoms with E-state index in [-0.39, 0.29) is 5.11 Å². The molecular weight excluding hydrogens is 205 g/mol. The maximum atomic E-state index is 12.5. The lowest BCUT2D eigenvalue weighted by Crippen LogP contribution is -2.44. The van der Waals surface area contributed by atoms with Gasteiger partial charge in [-0.2, -0.15) is 0 Å². The molecule has 4 nitrogen and oxygen atoms in total. The van der Waals surface area contributed by atoms with Crippen molar-refractivity contribution >= 4 is 23.2 Å².